The van der Waals surface area contributed by atoms with Crippen molar-refractivity contribution in [2.45, 2.75) is 77.9 Å². The molecule has 0 aromatic heterocycles. The molecule has 0 aliphatic rings. The van der Waals surface area contributed by atoms with Crippen molar-refractivity contribution in [1.82, 2.24) is 0 Å². The van der Waals surface area contributed by atoms with E-state index in [1.165, 1.54) is 56.9 Å². The second-order valence-electron chi connectivity index (χ2n) is 7.94. The van der Waals surface area contributed by atoms with E-state index in [2.05, 4.69) is 50.8 Å². The maximum atomic E-state index is 5.75. The van der Waals surface area contributed by atoms with Gasteiger partial charge in [0.25, 0.3) is 0 Å². The van der Waals surface area contributed by atoms with Crippen LogP contribution in [0.3, 0.4) is 0 Å². The first-order valence-corrected chi connectivity index (χ1v) is 13.9. The first kappa shape index (κ1) is 23.2. The summed E-state index contributed by atoms with van der Waals surface area (Å²) in [4.78, 5) is 0. The van der Waals surface area contributed by atoms with E-state index >= 15 is 0 Å². The molecule has 4 heteroatoms. The van der Waals surface area contributed by atoms with Gasteiger partial charge in [0, 0.05) is 0 Å². The number of aryl methyl sites for hydroxylation is 1. The molecule has 150 valence electrons. The molecule has 1 rings (SSSR count). The van der Waals surface area contributed by atoms with Crippen molar-refractivity contribution >= 4 is 8.32 Å². The van der Waals surface area contributed by atoms with E-state index < -0.39 is 8.32 Å². The highest BCUT2D eigenvalue weighted by Gasteiger charge is 2.13. The van der Waals surface area contributed by atoms with Crippen LogP contribution in [0.2, 0.25) is 19.6 Å². The van der Waals surface area contributed by atoms with Crippen LogP contribution in [0.25, 0.3) is 0 Å². The smallest absolute Gasteiger partial charge is 0.183 e. The summed E-state index contributed by atoms with van der Waals surface area (Å²) < 4.78 is 17.0. The largest absolute Gasteiger partial charge is 0.491 e. The Labute approximate surface area is 162 Å². The molecule has 0 saturated carbocycles. The van der Waals surface area contributed by atoms with Gasteiger partial charge in [-0.2, -0.15) is 0 Å². The number of benzene rings is 1. The minimum Gasteiger partial charge on any atom is -0.491 e. The lowest BCUT2D eigenvalue weighted by Gasteiger charge is -2.16. The van der Waals surface area contributed by atoms with Gasteiger partial charge in [-0.15, -0.1) is 0 Å². The maximum Gasteiger partial charge on any atom is 0.183 e. The van der Waals surface area contributed by atoms with Gasteiger partial charge in [0.2, 0.25) is 0 Å². The molecular formula is C22H40O3Si. The van der Waals surface area contributed by atoms with E-state index in [-0.39, 0.29) is 0 Å². The van der Waals surface area contributed by atoms with Crippen molar-refractivity contribution in [2.24, 2.45) is 0 Å². The third kappa shape index (κ3) is 13.4. The fraction of sp³-hybridized carbons (Fsp3) is 0.727. The normalized spacial score (nSPS) is 11.7. The molecule has 0 aliphatic carbocycles. The number of hydrogen-bond acceptors (Lipinski definition) is 3. The van der Waals surface area contributed by atoms with Crippen LogP contribution in [0.15, 0.2) is 24.3 Å². The van der Waals surface area contributed by atoms with Gasteiger partial charge < -0.3 is 13.9 Å². The van der Waals surface area contributed by atoms with Crippen molar-refractivity contribution in [3.63, 3.8) is 0 Å². The molecule has 1 aromatic carbocycles. The van der Waals surface area contributed by atoms with Gasteiger partial charge in [0.05, 0.1) is 19.8 Å². The van der Waals surface area contributed by atoms with Crippen molar-refractivity contribution in [2.75, 3.05) is 26.4 Å². The Hall–Kier alpha value is -0.843. The van der Waals surface area contributed by atoms with Crippen molar-refractivity contribution < 1.29 is 13.9 Å². The first-order chi connectivity index (χ1) is 12.5. The second kappa shape index (κ2) is 14.2. The van der Waals surface area contributed by atoms with Gasteiger partial charge in [-0.3, -0.25) is 0 Å². The van der Waals surface area contributed by atoms with E-state index in [4.69, 9.17) is 13.9 Å². The van der Waals surface area contributed by atoms with Gasteiger partial charge in [0.1, 0.15) is 12.4 Å². The third-order valence-corrected chi connectivity index (χ3v) is 5.32. The van der Waals surface area contributed by atoms with Crippen LogP contribution >= 0.6 is 0 Å². The molecule has 0 atom stereocenters. The van der Waals surface area contributed by atoms with Crippen molar-refractivity contribution in [3.05, 3.63) is 29.8 Å². The molecule has 0 bridgehead atoms. The fourth-order valence-corrected chi connectivity index (χ4v) is 3.46. The van der Waals surface area contributed by atoms with E-state index in [0.29, 0.717) is 26.4 Å². The van der Waals surface area contributed by atoms with Gasteiger partial charge >= 0.3 is 0 Å². The monoisotopic (exact) mass is 380 g/mol. The topological polar surface area (TPSA) is 27.7 Å². The van der Waals surface area contributed by atoms with Gasteiger partial charge in [-0.25, -0.2) is 0 Å². The predicted octanol–water partition coefficient (Wildman–Crippen LogP) is 6.23. The molecule has 3 nitrogen and oxygen atoms in total. The molecule has 0 heterocycles. The number of hydrogen-bond donors (Lipinski definition) is 0. The zero-order chi connectivity index (χ0) is 19.1. The summed E-state index contributed by atoms with van der Waals surface area (Å²) >= 11 is 0. The van der Waals surface area contributed by atoms with E-state index in [1.807, 2.05) is 0 Å². The van der Waals surface area contributed by atoms with Crippen LogP contribution < -0.4 is 4.74 Å². The molecular weight excluding hydrogens is 340 g/mol. The third-order valence-electron chi connectivity index (χ3n) is 4.25. The predicted molar refractivity (Wildman–Crippen MR) is 114 cm³/mol. The first-order valence-electron chi connectivity index (χ1n) is 10.4. The molecule has 0 saturated heterocycles. The minimum absolute atomic E-state index is 0.587. The minimum atomic E-state index is -1.42. The van der Waals surface area contributed by atoms with Crippen LogP contribution in [-0.2, 0) is 15.6 Å². The second-order valence-corrected chi connectivity index (χ2v) is 12.5. The summed E-state index contributed by atoms with van der Waals surface area (Å²) in [6.45, 7) is 11.4. The Balaban J connectivity index is 2.02. The highest BCUT2D eigenvalue weighted by atomic mass is 28.4. The summed E-state index contributed by atoms with van der Waals surface area (Å²) in [5, 5.41) is 0. The van der Waals surface area contributed by atoms with Crippen LogP contribution in [-0.4, -0.2) is 34.7 Å². The standard InChI is InChI=1S/C22H40O3Si/c1-5-6-7-8-9-10-11-12-21-13-15-22(16-14-21)24-19-17-23-18-20-25-26(2,3)4/h13-16H,5-12,17-20H2,1-4H3. The average Bonchev–Trinajstić information content (AvgIpc) is 2.60. The van der Waals surface area contributed by atoms with Gasteiger partial charge in [-0.05, 0) is 50.2 Å². The summed E-state index contributed by atoms with van der Waals surface area (Å²) in [5.41, 5.74) is 1.41. The quantitative estimate of drug-likeness (QED) is 0.251. The lowest BCUT2D eigenvalue weighted by Crippen LogP contribution is -2.27. The SMILES string of the molecule is CCCCCCCCCc1ccc(OCCOCCO[Si](C)(C)C)cc1. The number of ether oxygens (including phenoxy) is 2. The van der Waals surface area contributed by atoms with Crippen molar-refractivity contribution in [1.29, 1.82) is 0 Å². The molecule has 0 amide bonds. The highest BCUT2D eigenvalue weighted by Crippen LogP contribution is 2.15. The lowest BCUT2D eigenvalue weighted by molar-refractivity contribution is 0.0748. The molecule has 26 heavy (non-hydrogen) atoms. The van der Waals surface area contributed by atoms with E-state index in [1.54, 1.807) is 0 Å². The van der Waals surface area contributed by atoms with Gasteiger partial charge in [-0.1, -0.05) is 57.6 Å². The Morgan fingerprint density at radius 1 is 0.731 bits per heavy atom. The van der Waals surface area contributed by atoms with Crippen LogP contribution in [0.4, 0.5) is 0 Å². The maximum absolute atomic E-state index is 5.75. The molecule has 0 radical (unpaired) electrons. The number of unbranched alkanes of at least 4 members (excludes halogenated alkanes) is 6. The Morgan fingerprint density at radius 2 is 1.35 bits per heavy atom. The Kier molecular flexibility index (Phi) is 12.7. The van der Waals surface area contributed by atoms with Crippen LogP contribution in [0.1, 0.15) is 57.4 Å². The Morgan fingerprint density at radius 3 is 2.00 bits per heavy atom. The van der Waals surface area contributed by atoms with Crippen molar-refractivity contribution in [3.8, 4) is 5.75 Å². The lowest BCUT2D eigenvalue weighted by atomic mass is 10.0. The number of rotatable bonds is 16. The molecule has 0 spiro atoms. The summed E-state index contributed by atoms with van der Waals surface area (Å²) in [7, 11) is -1.42. The van der Waals surface area contributed by atoms with E-state index in [0.717, 1.165) is 5.75 Å². The Bertz CT molecular complexity index is 440. The zero-order valence-corrected chi connectivity index (χ0v) is 18.5. The summed E-state index contributed by atoms with van der Waals surface area (Å²) in [5.74, 6) is 0.926. The molecule has 0 aliphatic heterocycles. The van der Waals surface area contributed by atoms with Crippen LogP contribution in [0, 0.1) is 0 Å². The molecule has 1 aromatic rings. The molecule has 0 unspecified atom stereocenters. The highest BCUT2D eigenvalue weighted by molar-refractivity contribution is 6.69. The zero-order valence-electron chi connectivity index (χ0n) is 17.5. The molecule has 0 fully saturated rings. The van der Waals surface area contributed by atoms with Gasteiger partial charge in [0.15, 0.2) is 8.32 Å². The molecule has 0 N–H and O–H groups in total. The summed E-state index contributed by atoms with van der Waals surface area (Å²) in [6, 6.07) is 8.53. The average molecular weight is 381 g/mol. The van der Waals surface area contributed by atoms with E-state index in [9.17, 15) is 0 Å². The van der Waals surface area contributed by atoms with Crippen LogP contribution in [0.5, 0.6) is 5.75 Å². The fourth-order valence-electron chi connectivity index (χ4n) is 2.77. The summed E-state index contributed by atoms with van der Waals surface area (Å²) in [6.07, 6.45) is 10.7.